The van der Waals surface area contributed by atoms with E-state index in [2.05, 4.69) is 10.6 Å². The highest BCUT2D eigenvalue weighted by atomic mass is 35.5. The number of rotatable bonds is 4. The van der Waals surface area contributed by atoms with Gasteiger partial charge in [-0.25, -0.2) is 0 Å². The molecule has 0 unspecified atom stereocenters. The molecule has 31 heavy (non-hydrogen) atoms. The molecule has 0 atom stereocenters. The average molecular weight is 457 g/mol. The van der Waals surface area contributed by atoms with E-state index in [1.54, 1.807) is 74.5 Å². The number of nitrogens with one attached hydrogen (secondary N) is 2. The Morgan fingerprint density at radius 2 is 1.65 bits per heavy atom. The molecular weight excluding hydrogens is 439 g/mol. The fraction of sp³-hybridized carbons (Fsp3) is 0.130. The van der Waals surface area contributed by atoms with E-state index in [-0.39, 0.29) is 17.4 Å². The summed E-state index contributed by atoms with van der Waals surface area (Å²) in [6.45, 7) is 3.30. The van der Waals surface area contributed by atoms with Crippen LogP contribution in [-0.4, -0.2) is 17.4 Å². The van der Waals surface area contributed by atoms with E-state index in [9.17, 15) is 9.59 Å². The van der Waals surface area contributed by atoms with Crippen LogP contribution in [0.2, 0.25) is 10.0 Å². The van der Waals surface area contributed by atoms with Gasteiger partial charge in [-0.1, -0.05) is 23.2 Å². The van der Waals surface area contributed by atoms with Gasteiger partial charge in [0.1, 0.15) is 11.5 Å². The molecule has 2 N–H and O–H groups in total. The number of benzene rings is 3. The SMILES string of the molecule is CC(C)(Oc1ccc(Cl)cc1)C(=O)Nc1ccc2c(c1)C(=O)Nc1cc(Cl)ccc1O2. The molecule has 3 aromatic carbocycles. The molecule has 0 saturated carbocycles. The highest BCUT2D eigenvalue weighted by Gasteiger charge is 2.31. The van der Waals surface area contributed by atoms with Gasteiger partial charge in [-0.3, -0.25) is 9.59 Å². The van der Waals surface area contributed by atoms with Gasteiger partial charge < -0.3 is 20.1 Å². The maximum atomic E-state index is 12.8. The van der Waals surface area contributed by atoms with Crippen molar-refractivity contribution in [1.82, 2.24) is 0 Å². The van der Waals surface area contributed by atoms with Crippen LogP contribution in [-0.2, 0) is 4.79 Å². The lowest BCUT2D eigenvalue weighted by Gasteiger charge is -2.25. The average Bonchev–Trinajstić information content (AvgIpc) is 2.85. The Hall–Kier alpha value is -3.22. The smallest absolute Gasteiger partial charge is 0.267 e. The number of hydrogen-bond donors (Lipinski definition) is 2. The fourth-order valence-corrected chi connectivity index (χ4v) is 3.29. The summed E-state index contributed by atoms with van der Waals surface area (Å²) in [6.07, 6.45) is 0. The number of carbonyl (C=O) groups excluding carboxylic acids is 2. The lowest BCUT2D eigenvalue weighted by molar-refractivity contribution is -0.128. The predicted octanol–water partition coefficient (Wildman–Crippen LogP) is 6.15. The minimum Gasteiger partial charge on any atom is -0.478 e. The van der Waals surface area contributed by atoms with Crippen molar-refractivity contribution in [3.63, 3.8) is 0 Å². The molecule has 2 amide bonds. The number of ether oxygens (including phenoxy) is 2. The second kappa shape index (κ2) is 8.13. The lowest BCUT2D eigenvalue weighted by Crippen LogP contribution is -2.42. The molecule has 0 aromatic heterocycles. The Balaban J connectivity index is 1.53. The standard InChI is InChI=1S/C23H18Cl2N2O4/c1-23(2,31-16-7-3-13(24)4-8-16)22(29)26-15-6-10-19-17(12-15)21(28)27-18-11-14(25)5-9-20(18)30-19/h3-12H,1-2H3,(H,26,29)(H,27,28). The normalized spacial score (nSPS) is 12.6. The van der Waals surface area contributed by atoms with E-state index in [0.29, 0.717) is 38.7 Å². The van der Waals surface area contributed by atoms with Gasteiger partial charge in [0.2, 0.25) is 0 Å². The molecule has 1 aliphatic heterocycles. The molecule has 0 fully saturated rings. The number of anilines is 2. The topological polar surface area (TPSA) is 76.7 Å². The summed E-state index contributed by atoms with van der Waals surface area (Å²) in [6, 6.07) is 16.5. The summed E-state index contributed by atoms with van der Waals surface area (Å²) < 4.78 is 11.7. The third-order valence-electron chi connectivity index (χ3n) is 4.63. The quantitative estimate of drug-likeness (QED) is 0.493. The molecule has 0 aliphatic carbocycles. The Labute approximate surface area is 189 Å². The molecule has 0 spiro atoms. The van der Waals surface area contributed by atoms with Crippen molar-refractivity contribution in [3.05, 3.63) is 76.3 Å². The first-order chi connectivity index (χ1) is 14.7. The van der Waals surface area contributed by atoms with Crippen LogP contribution in [0, 0.1) is 0 Å². The molecular formula is C23H18Cl2N2O4. The van der Waals surface area contributed by atoms with Crippen molar-refractivity contribution in [2.75, 3.05) is 10.6 Å². The first kappa shape index (κ1) is 21.0. The van der Waals surface area contributed by atoms with Gasteiger partial charge in [-0.15, -0.1) is 0 Å². The van der Waals surface area contributed by atoms with Crippen LogP contribution in [0.4, 0.5) is 11.4 Å². The van der Waals surface area contributed by atoms with Crippen molar-refractivity contribution in [2.45, 2.75) is 19.4 Å². The molecule has 0 radical (unpaired) electrons. The third kappa shape index (κ3) is 4.60. The second-order valence-corrected chi connectivity index (χ2v) is 8.30. The molecule has 1 aliphatic rings. The van der Waals surface area contributed by atoms with Crippen molar-refractivity contribution in [3.8, 4) is 17.2 Å². The molecule has 1 heterocycles. The van der Waals surface area contributed by atoms with Crippen molar-refractivity contribution < 1.29 is 19.1 Å². The summed E-state index contributed by atoms with van der Waals surface area (Å²) in [5.41, 5.74) is 0.00409. The minimum atomic E-state index is -1.17. The zero-order valence-electron chi connectivity index (χ0n) is 16.7. The molecule has 0 bridgehead atoms. The Morgan fingerprint density at radius 3 is 2.39 bits per heavy atom. The van der Waals surface area contributed by atoms with E-state index in [4.69, 9.17) is 32.7 Å². The highest BCUT2D eigenvalue weighted by molar-refractivity contribution is 6.31. The second-order valence-electron chi connectivity index (χ2n) is 7.43. The maximum Gasteiger partial charge on any atom is 0.267 e. The molecule has 4 rings (SSSR count). The maximum absolute atomic E-state index is 12.8. The molecule has 158 valence electrons. The Morgan fingerprint density at radius 1 is 0.968 bits per heavy atom. The van der Waals surface area contributed by atoms with E-state index >= 15 is 0 Å². The Kier molecular flexibility index (Phi) is 5.52. The van der Waals surface area contributed by atoms with Gasteiger partial charge in [0.25, 0.3) is 11.8 Å². The van der Waals surface area contributed by atoms with Crippen LogP contribution >= 0.6 is 23.2 Å². The number of halogens is 2. The number of hydrogen-bond acceptors (Lipinski definition) is 4. The molecule has 8 heteroatoms. The van der Waals surface area contributed by atoms with E-state index < -0.39 is 5.60 Å². The van der Waals surface area contributed by atoms with E-state index in [1.165, 1.54) is 0 Å². The molecule has 6 nitrogen and oxygen atoms in total. The number of carbonyl (C=O) groups is 2. The Bertz CT molecular complexity index is 1180. The zero-order valence-corrected chi connectivity index (χ0v) is 18.2. The summed E-state index contributed by atoms with van der Waals surface area (Å²) in [4.78, 5) is 25.5. The number of amides is 2. The highest BCUT2D eigenvalue weighted by Crippen LogP contribution is 2.38. The minimum absolute atomic E-state index is 0.279. The van der Waals surface area contributed by atoms with E-state index in [1.807, 2.05) is 0 Å². The van der Waals surface area contributed by atoms with Crippen LogP contribution < -0.4 is 20.1 Å². The van der Waals surface area contributed by atoms with Crippen molar-refractivity contribution >= 4 is 46.4 Å². The predicted molar refractivity (Wildman–Crippen MR) is 121 cm³/mol. The monoisotopic (exact) mass is 456 g/mol. The summed E-state index contributed by atoms with van der Waals surface area (Å²) in [5, 5.41) is 6.61. The zero-order chi connectivity index (χ0) is 22.2. The van der Waals surface area contributed by atoms with Crippen molar-refractivity contribution in [2.24, 2.45) is 0 Å². The van der Waals surface area contributed by atoms with Crippen LogP contribution in [0.15, 0.2) is 60.7 Å². The van der Waals surface area contributed by atoms with Gasteiger partial charge in [0.05, 0.1) is 11.3 Å². The van der Waals surface area contributed by atoms with E-state index in [0.717, 1.165) is 0 Å². The largest absolute Gasteiger partial charge is 0.478 e. The van der Waals surface area contributed by atoms with Gasteiger partial charge >= 0.3 is 0 Å². The van der Waals surface area contributed by atoms with Gasteiger partial charge in [0, 0.05) is 15.7 Å². The fourth-order valence-electron chi connectivity index (χ4n) is 3.00. The van der Waals surface area contributed by atoms with Crippen LogP contribution in [0.25, 0.3) is 0 Å². The van der Waals surface area contributed by atoms with Gasteiger partial charge in [-0.2, -0.15) is 0 Å². The lowest BCUT2D eigenvalue weighted by atomic mass is 10.1. The summed E-state index contributed by atoms with van der Waals surface area (Å²) in [7, 11) is 0. The van der Waals surface area contributed by atoms with Gasteiger partial charge in [0.15, 0.2) is 11.4 Å². The first-order valence-corrected chi connectivity index (χ1v) is 10.2. The molecule has 3 aromatic rings. The van der Waals surface area contributed by atoms with Crippen LogP contribution in [0.5, 0.6) is 17.2 Å². The molecule has 0 saturated heterocycles. The van der Waals surface area contributed by atoms with Crippen LogP contribution in [0.1, 0.15) is 24.2 Å². The van der Waals surface area contributed by atoms with Crippen molar-refractivity contribution in [1.29, 1.82) is 0 Å². The first-order valence-electron chi connectivity index (χ1n) is 9.40. The number of fused-ring (bicyclic) bond motifs is 2. The summed E-state index contributed by atoms with van der Waals surface area (Å²) >= 11 is 11.9. The van der Waals surface area contributed by atoms with Crippen LogP contribution in [0.3, 0.4) is 0 Å². The third-order valence-corrected chi connectivity index (χ3v) is 5.11. The van der Waals surface area contributed by atoms with Gasteiger partial charge in [-0.05, 0) is 74.5 Å². The summed E-state index contributed by atoms with van der Waals surface area (Å²) in [5.74, 6) is 0.603.